The fourth-order valence-corrected chi connectivity index (χ4v) is 4.39. The molecule has 0 spiro atoms. The van der Waals surface area contributed by atoms with Crippen molar-refractivity contribution in [2.75, 3.05) is 37.6 Å². The summed E-state index contributed by atoms with van der Waals surface area (Å²) in [6, 6.07) is 15.7. The molecule has 29 heavy (non-hydrogen) atoms. The predicted molar refractivity (Wildman–Crippen MR) is 112 cm³/mol. The molecular formula is C22H21FN3O2S+. The van der Waals surface area contributed by atoms with Crippen LogP contribution in [0.1, 0.15) is 0 Å². The smallest absolute Gasteiger partial charge is 0.267 e. The van der Waals surface area contributed by atoms with Gasteiger partial charge in [-0.3, -0.25) is 4.79 Å². The van der Waals surface area contributed by atoms with Crippen molar-refractivity contribution in [3.05, 3.63) is 88.1 Å². The number of hydrogen-bond donors (Lipinski definition) is 0. The molecule has 0 unspecified atom stereocenters. The van der Waals surface area contributed by atoms with Crippen LogP contribution in [-0.2, 0) is 4.79 Å². The summed E-state index contributed by atoms with van der Waals surface area (Å²) < 4.78 is 14.4. The zero-order valence-corrected chi connectivity index (χ0v) is 16.6. The number of piperazine rings is 1. The topological polar surface area (TPSA) is 43.6 Å². The second-order valence-corrected chi connectivity index (χ2v) is 7.92. The number of thioether (sulfide) groups is 1. The van der Waals surface area contributed by atoms with Gasteiger partial charge in [0.05, 0.1) is 18.8 Å². The first-order chi connectivity index (χ1) is 14.1. The monoisotopic (exact) mass is 410 g/mol. The number of carbonyl (C=O) groups is 1. The number of hydrogen-bond acceptors (Lipinski definition) is 4. The fraction of sp³-hybridized carbons (Fsp3) is 0.227. The summed E-state index contributed by atoms with van der Waals surface area (Å²) in [6.45, 7) is 2.40. The summed E-state index contributed by atoms with van der Waals surface area (Å²) >= 11 is 1.33. The van der Waals surface area contributed by atoms with E-state index in [2.05, 4.69) is 4.90 Å². The third-order valence-corrected chi connectivity index (χ3v) is 6.01. The molecule has 2 heterocycles. The molecule has 0 N–H and O–H groups in total. The average Bonchev–Trinajstić information content (AvgIpc) is 2.90. The van der Waals surface area contributed by atoms with Gasteiger partial charge in [0.15, 0.2) is 0 Å². The highest BCUT2D eigenvalue weighted by Crippen LogP contribution is 2.35. The minimum atomic E-state index is -0.312. The van der Waals surface area contributed by atoms with Gasteiger partial charge in [0.2, 0.25) is 13.1 Å². The number of rotatable bonds is 4. The molecule has 2 aliphatic rings. The van der Waals surface area contributed by atoms with Gasteiger partial charge >= 0.3 is 0 Å². The number of anilines is 1. The Morgan fingerprint density at radius 2 is 1.66 bits per heavy atom. The Morgan fingerprint density at radius 3 is 2.34 bits per heavy atom. The molecule has 0 atom stereocenters. The molecule has 2 aliphatic heterocycles. The third kappa shape index (κ3) is 4.40. The molecule has 148 valence electrons. The Balaban J connectivity index is 1.73. The van der Waals surface area contributed by atoms with Crippen molar-refractivity contribution in [2.24, 2.45) is 0 Å². The number of carbonyl (C=O) groups excluding carboxylic acids is 1. The molecule has 1 amide bonds. The highest BCUT2D eigenvalue weighted by atomic mass is 32.2. The number of nitrogens with zero attached hydrogens (tertiary/aromatic N) is 3. The van der Waals surface area contributed by atoms with Crippen LogP contribution in [-0.4, -0.2) is 48.3 Å². The van der Waals surface area contributed by atoms with Gasteiger partial charge in [0, 0.05) is 26.8 Å². The third-order valence-electron chi connectivity index (χ3n) is 4.92. The maximum atomic E-state index is 13.6. The summed E-state index contributed by atoms with van der Waals surface area (Å²) in [5.41, 5.74) is 1.64. The van der Waals surface area contributed by atoms with E-state index in [1.807, 2.05) is 42.5 Å². The van der Waals surface area contributed by atoms with Crippen molar-refractivity contribution < 1.29 is 13.9 Å². The standard InChI is InChI=1S/C22H21FN3O2S/c23-17-8-10-19(11-9-17)29-21-20(24-13-15-25(28)16-14-24)7-4-12-26(22(21)27)18-5-2-1-3-6-18/h1-11H,12-16H2/q+1. The molecule has 2 aromatic rings. The molecule has 0 radical (unpaired) electrons. The Labute approximate surface area is 173 Å². The quantitative estimate of drug-likeness (QED) is 0.719. The zero-order valence-electron chi connectivity index (χ0n) is 15.8. The van der Waals surface area contributed by atoms with E-state index in [-0.39, 0.29) is 11.7 Å². The molecule has 2 aromatic carbocycles. The number of amides is 1. The maximum absolute atomic E-state index is 13.6. The van der Waals surface area contributed by atoms with Gasteiger partial charge in [-0.15, -0.1) is 0 Å². The van der Waals surface area contributed by atoms with Crippen LogP contribution in [0.5, 0.6) is 0 Å². The van der Waals surface area contributed by atoms with Gasteiger partial charge in [-0.25, -0.2) is 4.39 Å². The number of para-hydroxylation sites is 1. The van der Waals surface area contributed by atoms with Crippen LogP contribution in [0.4, 0.5) is 10.1 Å². The molecule has 0 saturated carbocycles. The Morgan fingerprint density at radius 1 is 0.966 bits per heavy atom. The van der Waals surface area contributed by atoms with Gasteiger partial charge < -0.3 is 9.80 Å². The summed E-state index contributed by atoms with van der Waals surface area (Å²) in [6.07, 6.45) is 3.94. The molecule has 0 aliphatic carbocycles. The van der Waals surface area contributed by atoms with Gasteiger partial charge in [-0.1, -0.05) is 36.0 Å². The molecule has 1 saturated heterocycles. The minimum absolute atomic E-state index is 0.102. The van der Waals surface area contributed by atoms with Crippen LogP contribution in [0, 0.1) is 10.7 Å². The van der Waals surface area contributed by atoms with E-state index >= 15 is 0 Å². The Kier molecular flexibility index (Phi) is 5.76. The van der Waals surface area contributed by atoms with E-state index in [9.17, 15) is 14.1 Å². The number of nitroso groups, excluding NO2 is 1. The molecule has 5 nitrogen and oxygen atoms in total. The fourth-order valence-electron chi connectivity index (χ4n) is 3.39. The van der Waals surface area contributed by atoms with Gasteiger partial charge in [-0.2, -0.15) is 0 Å². The van der Waals surface area contributed by atoms with Gasteiger partial charge in [0.25, 0.3) is 5.91 Å². The van der Waals surface area contributed by atoms with Crippen molar-refractivity contribution in [2.45, 2.75) is 4.90 Å². The van der Waals surface area contributed by atoms with Crippen LogP contribution in [0.3, 0.4) is 0 Å². The molecule has 4 rings (SSSR count). The molecule has 7 heteroatoms. The first kappa shape index (κ1) is 19.4. The Hall–Kier alpha value is -2.93. The number of benzene rings is 2. The first-order valence-electron chi connectivity index (χ1n) is 9.50. The van der Waals surface area contributed by atoms with Crippen molar-refractivity contribution in [1.29, 1.82) is 0 Å². The summed E-state index contributed by atoms with van der Waals surface area (Å²) in [7, 11) is 0. The summed E-state index contributed by atoms with van der Waals surface area (Å²) in [5, 5.41) is 0. The van der Waals surface area contributed by atoms with E-state index in [0.717, 1.165) is 21.0 Å². The predicted octanol–water partition coefficient (Wildman–Crippen LogP) is 3.83. The number of allylic oxidation sites excluding steroid dienone is 1. The maximum Gasteiger partial charge on any atom is 0.267 e. The van der Waals surface area contributed by atoms with Gasteiger partial charge in [-0.05, 0) is 42.5 Å². The lowest BCUT2D eigenvalue weighted by atomic mass is 10.2. The van der Waals surface area contributed by atoms with Crippen LogP contribution in [0.2, 0.25) is 0 Å². The summed E-state index contributed by atoms with van der Waals surface area (Å²) in [5.74, 6) is -0.414. The normalized spacial score (nSPS) is 17.7. The van der Waals surface area contributed by atoms with Crippen LogP contribution in [0.15, 0.2) is 82.2 Å². The van der Waals surface area contributed by atoms with E-state index in [1.54, 1.807) is 17.0 Å². The highest BCUT2D eigenvalue weighted by molar-refractivity contribution is 8.04. The van der Waals surface area contributed by atoms with E-state index in [1.165, 1.54) is 23.9 Å². The lowest BCUT2D eigenvalue weighted by Crippen LogP contribution is -2.41. The van der Waals surface area contributed by atoms with Crippen LogP contribution >= 0.6 is 11.8 Å². The second-order valence-electron chi connectivity index (χ2n) is 6.84. The van der Waals surface area contributed by atoms with Crippen molar-refractivity contribution in [1.82, 2.24) is 4.90 Å². The minimum Gasteiger partial charge on any atom is -0.357 e. The average molecular weight is 410 g/mol. The van der Waals surface area contributed by atoms with E-state index in [4.69, 9.17) is 0 Å². The SMILES string of the molecule is O=C1C(Sc2ccc(F)cc2)=C(N2CC[N+](=O)CC2)C=CCN1c1ccccc1. The largest absolute Gasteiger partial charge is 0.357 e. The Bertz CT molecular complexity index is 963. The highest BCUT2D eigenvalue weighted by Gasteiger charge is 2.30. The summed E-state index contributed by atoms with van der Waals surface area (Å²) in [4.78, 5) is 30.4. The number of halogens is 1. The molecular weight excluding hydrogens is 389 g/mol. The van der Waals surface area contributed by atoms with Crippen molar-refractivity contribution >= 4 is 23.4 Å². The molecule has 0 bridgehead atoms. The van der Waals surface area contributed by atoms with E-state index in [0.29, 0.717) is 37.6 Å². The lowest BCUT2D eigenvalue weighted by Gasteiger charge is -2.28. The van der Waals surface area contributed by atoms with Crippen molar-refractivity contribution in [3.63, 3.8) is 0 Å². The van der Waals surface area contributed by atoms with E-state index < -0.39 is 0 Å². The zero-order chi connectivity index (χ0) is 20.2. The molecule has 0 aromatic heterocycles. The van der Waals surface area contributed by atoms with Gasteiger partial charge in [0.1, 0.15) is 10.7 Å². The second kappa shape index (κ2) is 8.61. The van der Waals surface area contributed by atoms with Crippen LogP contribution in [0.25, 0.3) is 0 Å². The van der Waals surface area contributed by atoms with Crippen LogP contribution < -0.4 is 4.90 Å². The van der Waals surface area contributed by atoms with Crippen molar-refractivity contribution in [3.8, 4) is 0 Å². The first-order valence-corrected chi connectivity index (χ1v) is 10.3. The lowest BCUT2D eigenvalue weighted by molar-refractivity contribution is -0.558. The molecule has 1 fully saturated rings.